The van der Waals surface area contributed by atoms with Crippen LogP contribution in [0.4, 0.5) is 11.4 Å². The number of nitrogens with zero attached hydrogens (tertiary/aromatic N) is 1. The van der Waals surface area contributed by atoms with E-state index in [0.717, 1.165) is 49.9 Å². The standard InChI is InChI=1S/C27H18N2O/c1-16-11-13-22-21(15-16)24-18-9-5-6-10-19(18)27(30)20-12-14-23(26(29-22)25(20)24)28-17-7-3-2-4-8-17/h2-15,28H,1H3. The molecule has 3 nitrogen and oxygen atoms in total. The number of anilines is 2. The smallest absolute Gasteiger partial charge is 0.194 e. The van der Waals surface area contributed by atoms with Gasteiger partial charge in [-0.05, 0) is 48.9 Å². The third kappa shape index (κ3) is 2.39. The summed E-state index contributed by atoms with van der Waals surface area (Å²) in [6, 6.07) is 28.2. The molecule has 3 heteroatoms. The number of carbonyl (C=O) groups is 1. The summed E-state index contributed by atoms with van der Waals surface area (Å²) in [5, 5.41) is 5.50. The van der Waals surface area contributed by atoms with Crippen molar-refractivity contribution in [1.82, 2.24) is 4.98 Å². The predicted octanol–water partition coefficient (Wildman–Crippen LogP) is 6.65. The van der Waals surface area contributed by atoms with Gasteiger partial charge < -0.3 is 5.32 Å². The van der Waals surface area contributed by atoms with Crippen LogP contribution in [0.3, 0.4) is 0 Å². The zero-order chi connectivity index (χ0) is 20.2. The molecule has 5 aromatic rings. The van der Waals surface area contributed by atoms with E-state index < -0.39 is 0 Å². The molecule has 1 aliphatic rings. The number of nitrogens with one attached hydrogen (secondary N) is 1. The van der Waals surface area contributed by atoms with Crippen LogP contribution in [0.1, 0.15) is 21.5 Å². The molecule has 4 aromatic carbocycles. The van der Waals surface area contributed by atoms with Crippen molar-refractivity contribution >= 4 is 39.0 Å². The lowest BCUT2D eigenvalue weighted by Gasteiger charge is -2.23. The Hall–Kier alpha value is -3.98. The molecule has 0 fully saturated rings. The topological polar surface area (TPSA) is 42.0 Å². The number of benzene rings is 4. The summed E-state index contributed by atoms with van der Waals surface area (Å²) in [5.41, 5.74) is 8.37. The molecule has 0 aliphatic heterocycles. The lowest BCUT2D eigenvalue weighted by molar-refractivity contribution is 0.104. The normalized spacial score (nSPS) is 12.2. The Kier molecular flexibility index (Phi) is 3.53. The molecule has 142 valence electrons. The number of hydrogen-bond donors (Lipinski definition) is 1. The van der Waals surface area contributed by atoms with Gasteiger partial charge in [0.25, 0.3) is 0 Å². The Bertz CT molecular complexity index is 1490. The van der Waals surface area contributed by atoms with Crippen LogP contribution < -0.4 is 5.32 Å². The van der Waals surface area contributed by atoms with Crippen molar-refractivity contribution in [3.8, 4) is 11.1 Å². The molecule has 0 bridgehead atoms. The maximum atomic E-state index is 13.3. The van der Waals surface area contributed by atoms with E-state index in [9.17, 15) is 4.79 Å². The molecule has 0 unspecified atom stereocenters. The van der Waals surface area contributed by atoms with E-state index >= 15 is 0 Å². The van der Waals surface area contributed by atoms with E-state index in [1.165, 1.54) is 5.56 Å². The van der Waals surface area contributed by atoms with Gasteiger partial charge in [-0.15, -0.1) is 0 Å². The molecule has 0 atom stereocenters. The van der Waals surface area contributed by atoms with Crippen LogP contribution in [0.15, 0.2) is 84.9 Å². The molecule has 6 rings (SSSR count). The van der Waals surface area contributed by atoms with Gasteiger partial charge in [0.05, 0.1) is 16.7 Å². The first-order valence-electron chi connectivity index (χ1n) is 10.0. The highest BCUT2D eigenvalue weighted by atomic mass is 16.1. The molecule has 0 radical (unpaired) electrons. The Morgan fingerprint density at radius 3 is 2.37 bits per heavy atom. The molecule has 0 saturated heterocycles. The fraction of sp³-hybridized carbons (Fsp3) is 0.0370. The van der Waals surface area contributed by atoms with Gasteiger partial charge in [0, 0.05) is 33.2 Å². The molecule has 1 heterocycles. The minimum absolute atomic E-state index is 0.0585. The van der Waals surface area contributed by atoms with Crippen molar-refractivity contribution in [2.24, 2.45) is 0 Å². The van der Waals surface area contributed by atoms with Crippen LogP contribution in [-0.4, -0.2) is 10.8 Å². The molecular weight excluding hydrogens is 368 g/mol. The highest BCUT2D eigenvalue weighted by Crippen LogP contribution is 2.45. The SMILES string of the molecule is Cc1ccc2nc3c(Nc4ccccc4)ccc4c3c(c2c1)-c1ccccc1C4=O. The molecule has 0 amide bonds. The molecule has 0 saturated carbocycles. The van der Waals surface area contributed by atoms with Gasteiger partial charge in [0.15, 0.2) is 5.78 Å². The minimum Gasteiger partial charge on any atom is -0.354 e. The third-order valence-corrected chi connectivity index (χ3v) is 5.82. The van der Waals surface area contributed by atoms with E-state index in [4.69, 9.17) is 4.98 Å². The second-order valence-corrected chi connectivity index (χ2v) is 7.76. The van der Waals surface area contributed by atoms with E-state index in [1.807, 2.05) is 66.7 Å². The minimum atomic E-state index is 0.0585. The number of aryl methyl sites for hydroxylation is 1. The summed E-state index contributed by atoms with van der Waals surface area (Å²) >= 11 is 0. The van der Waals surface area contributed by atoms with Crippen LogP contribution in [-0.2, 0) is 0 Å². The molecule has 30 heavy (non-hydrogen) atoms. The molecule has 1 aromatic heterocycles. The molecule has 1 N–H and O–H groups in total. The van der Waals surface area contributed by atoms with Gasteiger partial charge in [-0.1, -0.05) is 54.1 Å². The van der Waals surface area contributed by atoms with Crippen LogP contribution in [0.5, 0.6) is 0 Å². The fourth-order valence-electron chi connectivity index (χ4n) is 4.45. The van der Waals surface area contributed by atoms with Gasteiger partial charge in [-0.25, -0.2) is 4.98 Å². The molecule has 1 aliphatic carbocycles. The number of fused-ring (bicyclic) bond motifs is 4. The first-order chi connectivity index (χ1) is 14.7. The second-order valence-electron chi connectivity index (χ2n) is 7.76. The quantitative estimate of drug-likeness (QED) is 0.339. The van der Waals surface area contributed by atoms with Crippen LogP contribution in [0.2, 0.25) is 0 Å². The first-order valence-corrected chi connectivity index (χ1v) is 10.0. The highest BCUT2D eigenvalue weighted by Gasteiger charge is 2.28. The van der Waals surface area contributed by atoms with Gasteiger partial charge in [-0.3, -0.25) is 4.79 Å². The van der Waals surface area contributed by atoms with Crippen molar-refractivity contribution in [2.45, 2.75) is 6.92 Å². The van der Waals surface area contributed by atoms with E-state index in [-0.39, 0.29) is 5.78 Å². The lowest BCUT2D eigenvalue weighted by Crippen LogP contribution is -2.11. The van der Waals surface area contributed by atoms with Gasteiger partial charge >= 0.3 is 0 Å². The summed E-state index contributed by atoms with van der Waals surface area (Å²) in [4.78, 5) is 18.3. The second kappa shape index (κ2) is 6.26. The summed E-state index contributed by atoms with van der Waals surface area (Å²) in [6.07, 6.45) is 0. The van der Waals surface area contributed by atoms with E-state index in [0.29, 0.717) is 5.56 Å². The number of carbonyl (C=O) groups excluding carboxylic acids is 1. The summed E-state index contributed by atoms with van der Waals surface area (Å²) < 4.78 is 0. The monoisotopic (exact) mass is 386 g/mol. The number of hydrogen-bond acceptors (Lipinski definition) is 3. The van der Waals surface area contributed by atoms with Crippen molar-refractivity contribution < 1.29 is 4.79 Å². The van der Waals surface area contributed by atoms with Crippen LogP contribution >= 0.6 is 0 Å². The molecule has 0 spiro atoms. The Morgan fingerprint density at radius 2 is 1.53 bits per heavy atom. The number of pyridine rings is 1. The third-order valence-electron chi connectivity index (χ3n) is 5.82. The maximum absolute atomic E-state index is 13.3. The number of rotatable bonds is 2. The average molecular weight is 386 g/mol. The van der Waals surface area contributed by atoms with Crippen LogP contribution in [0.25, 0.3) is 32.9 Å². The number of ketones is 1. The van der Waals surface area contributed by atoms with Gasteiger partial charge in [0.2, 0.25) is 0 Å². The van der Waals surface area contributed by atoms with Crippen molar-refractivity contribution in [1.29, 1.82) is 0 Å². The van der Waals surface area contributed by atoms with Gasteiger partial charge in [0.1, 0.15) is 0 Å². The maximum Gasteiger partial charge on any atom is 0.194 e. The zero-order valence-electron chi connectivity index (χ0n) is 16.4. The van der Waals surface area contributed by atoms with Crippen LogP contribution in [0, 0.1) is 6.92 Å². The number of para-hydroxylation sites is 1. The van der Waals surface area contributed by atoms with Crippen molar-refractivity contribution in [2.75, 3.05) is 5.32 Å². The van der Waals surface area contributed by atoms with E-state index in [2.05, 4.69) is 30.4 Å². The summed E-state index contributed by atoms with van der Waals surface area (Å²) in [6.45, 7) is 2.09. The predicted molar refractivity (Wildman–Crippen MR) is 123 cm³/mol. The van der Waals surface area contributed by atoms with Crippen molar-refractivity contribution in [3.63, 3.8) is 0 Å². The first kappa shape index (κ1) is 16.9. The van der Waals surface area contributed by atoms with Crippen molar-refractivity contribution in [3.05, 3.63) is 102 Å². The zero-order valence-corrected chi connectivity index (χ0v) is 16.4. The number of aromatic nitrogens is 1. The Morgan fingerprint density at radius 1 is 0.767 bits per heavy atom. The lowest BCUT2D eigenvalue weighted by atomic mass is 9.82. The average Bonchev–Trinajstić information content (AvgIpc) is 2.78. The largest absolute Gasteiger partial charge is 0.354 e. The highest BCUT2D eigenvalue weighted by molar-refractivity contribution is 6.30. The Labute approximate surface area is 174 Å². The fourth-order valence-corrected chi connectivity index (χ4v) is 4.45. The summed E-state index contributed by atoms with van der Waals surface area (Å²) in [7, 11) is 0. The Balaban J connectivity index is 1.77. The molecular formula is C27H18N2O. The van der Waals surface area contributed by atoms with E-state index in [1.54, 1.807) is 0 Å². The van der Waals surface area contributed by atoms with Gasteiger partial charge in [-0.2, -0.15) is 0 Å². The summed E-state index contributed by atoms with van der Waals surface area (Å²) in [5.74, 6) is 0.0585.